The molecule has 5 nitrogen and oxygen atoms in total. The van der Waals surface area contributed by atoms with Gasteiger partial charge in [-0.1, -0.05) is 0 Å². The van der Waals surface area contributed by atoms with E-state index in [2.05, 4.69) is 22.0 Å². The van der Waals surface area contributed by atoms with Crippen LogP contribution in [0, 0.1) is 0 Å². The number of nitrogens with one attached hydrogen (secondary N) is 2. The van der Waals surface area contributed by atoms with E-state index in [1.165, 1.54) is 12.8 Å². The third-order valence-corrected chi connectivity index (χ3v) is 5.51. The molecule has 2 fully saturated rings. The number of nitrogens with zero attached hydrogens (tertiary/aromatic N) is 1. The lowest BCUT2D eigenvalue weighted by atomic mass is 10.2. The van der Waals surface area contributed by atoms with Crippen LogP contribution in [0.1, 0.15) is 25.7 Å². The summed E-state index contributed by atoms with van der Waals surface area (Å²) in [7, 11) is -1.06. The smallest absolute Gasteiger partial charge is 0.215 e. The number of rotatable bonds is 6. The molecule has 0 bridgehead atoms. The summed E-state index contributed by atoms with van der Waals surface area (Å²) in [6.07, 6.45) is 4.25. The predicted octanol–water partition coefficient (Wildman–Crippen LogP) is -0.248. The predicted molar refractivity (Wildman–Crippen MR) is 68.5 cm³/mol. The molecule has 0 aromatic heterocycles. The highest BCUT2D eigenvalue weighted by molar-refractivity contribution is 7.90. The van der Waals surface area contributed by atoms with Gasteiger partial charge in [0.2, 0.25) is 10.0 Å². The van der Waals surface area contributed by atoms with Crippen molar-refractivity contribution in [3.8, 4) is 0 Å². The van der Waals surface area contributed by atoms with E-state index >= 15 is 0 Å². The van der Waals surface area contributed by atoms with Crippen molar-refractivity contribution >= 4 is 10.0 Å². The van der Waals surface area contributed by atoms with Crippen molar-refractivity contribution in [3.05, 3.63) is 0 Å². The molecule has 1 aliphatic carbocycles. The topological polar surface area (TPSA) is 61.4 Å². The van der Waals surface area contributed by atoms with Crippen LogP contribution in [-0.4, -0.2) is 57.8 Å². The Morgan fingerprint density at radius 3 is 2.71 bits per heavy atom. The molecule has 0 spiro atoms. The van der Waals surface area contributed by atoms with Gasteiger partial charge in [0.25, 0.3) is 0 Å². The van der Waals surface area contributed by atoms with E-state index in [-0.39, 0.29) is 5.25 Å². The van der Waals surface area contributed by atoms with Crippen LogP contribution < -0.4 is 10.0 Å². The molecule has 1 heterocycles. The first-order valence-corrected chi connectivity index (χ1v) is 8.03. The maximum atomic E-state index is 12.0. The van der Waals surface area contributed by atoms with Gasteiger partial charge in [0, 0.05) is 25.7 Å². The third-order valence-electron chi connectivity index (χ3n) is 3.63. The van der Waals surface area contributed by atoms with Crippen LogP contribution in [-0.2, 0) is 10.0 Å². The second-order valence-corrected chi connectivity index (χ2v) is 7.16. The van der Waals surface area contributed by atoms with E-state index in [1.807, 2.05) is 0 Å². The fourth-order valence-corrected chi connectivity index (χ4v) is 3.69. The van der Waals surface area contributed by atoms with Gasteiger partial charge in [-0.05, 0) is 39.3 Å². The van der Waals surface area contributed by atoms with Crippen molar-refractivity contribution in [2.45, 2.75) is 37.0 Å². The van der Waals surface area contributed by atoms with Crippen LogP contribution in [0.25, 0.3) is 0 Å². The fraction of sp³-hybridized carbons (Fsp3) is 1.00. The molecule has 0 radical (unpaired) electrons. The number of piperidine rings is 1. The Morgan fingerprint density at radius 2 is 2.12 bits per heavy atom. The molecule has 100 valence electrons. The van der Waals surface area contributed by atoms with E-state index in [1.54, 1.807) is 0 Å². The first kappa shape index (κ1) is 13.3. The first-order valence-electron chi connectivity index (χ1n) is 6.49. The molecule has 17 heavy (non-hydrogen) atoms. The Kier molecular flexibility index (Phi) is 4.41. The number of likely N-dealkylation sites (N-methyl/N-ethyl adjacent to an activating group) is 1. The zero-order valence-corrected chi connectivity index (χ0v) is 11.3. The van der Waals surface area contributed by atoms with E-state index < -0.39 is 10.0 Å². The van der Waals surface area contributed by atoms with Gasteiger partial charge in [-0.2, -0.15) is 0 Å². The van der Waals surface area contributed by atoms with Gasteiger partial charge in [0.15, 0.2) is 0 Å². The second-order valence-electron chi connectivity index (χ2n) is 5.12. The lowest BCUT2D eigenvalue weighted by Crippen LogP contribution is -2.45. The Morgan fingerprint density at radius 1 is 1.35 bits per heavy atom. The molecular formula is C11H23N3O2S. The monoisotopic (exact) mass is 261 g/mol. The summed E-state index contributed by atoms with van der Waals surface area (Å²) >= 11 is 0. The maximum Gasteiger partial charge on any atom is 0.215 e. The minimum absolute atomic E-state index is 0.248. The van der Waals surface area contributed by atoms with Crippen LogP contribution in [0.4, 0.5) is 0 Å². The Hall–Kier alpha value is -0.170. The van der Waals surface area contributed by atoms with Gasteiger partial charge in [-0.15, -0.1) is 0 Å². The van der Waals surface area contributed by atoms with Gasteiger partial charge < -0.3 is 10.2 Å². The molecule has 1 atom stereocenters. The Balaban J connectivity index is 1.72. The second kappa shape index (κ2) is 5.65. The summed E-state index contributed by atoms with van der Waals surface area (Å²) in [6.45, 7) is 2.88. The molecule has 6 heteroatoms. The van der Waals surface area contributed by atoms with E-state index in [4.69, 9.17) is 0 Å². The fourth-order valence-electron chi connectivity index (χ4n) is 2.26. The van der Waals surface area contributed by atoms with E-state index in [9.17, 15) is 8.42 Å². The number of hydrogen-bond acceptors (Lipinski definition) is 4. The average molecular weight is 261 g/mol. The largest absolute Gasteiger partial charge is 0.315 e. The molecular weight excluding hydrogens is 238 g/mol. The molecule has 0 amide bonds. The highest BCUT2D eigenvalue weighted by atomic mass is 32.2. The van der Waals surface area contributed by atoms with Crippen LogP contribution in [0.2, 0.25) is 0 Å². The van der Waals surface area contributed by atoms with Crippen molar-refractivity contribution in [2.24, 2.45) is 0 Å². The molecule has 0 aromatic rings. The minimum Gasteiger partial charge on any atom is -0.315 e. The first-order chi connectivity index (χ1) is 8.09. The Bertz CT molecular complexity index is 335. The third kappa shape index (κ3) is 3.91. The average Bonchev–Trinajstić information content (AvgIpc) is 3.14. The number of hydrogen-bond donors (Lipinski definition) is 2. The highest BCUT2D eigenvalue weighted by Crippen LogP contribution is 2.24. The maximum absolute atomic E-state index is 12.0. The highest BCUT2D eigenvalue weighted by Gasteiger charge is 2.28. The zero-order valence-electron chi connectivity index (χ0n) is 10.5. The molecule has 1 aliphatic heterocycles. The van der Waals surface area contributed by atoms with Crippen molar-refractivity contribution in [1.82, 2.24) is 14.9 Å². The molecule has 1 unspecified atom stereocenters. The quantitative estimate of drug-likeness (QED) is 0.692. The summed E-state index contributed by atoms with van der Waals surface area (Å²) in [5.74, 6) is 0. The van der Waals surface area contributed by atoms with Crippen LogP contribution >= 0.6 is 0 Å². The summed E-state index contributed by atoms with van der Waals surface area (Å²) < 4.78 is 26.7. The van der Waals surface area contributed by atoms with Crippen LogP contribution in [0.5, 0.6) is 0 Å². The van der Waals surface area contributed by atoms with Gasteiger partial charge in [0.1, 0.15) is 0 Å². The lowest BCUT2D eigenvalue weighted by molar-refractivity contribution is 0.329. The van der Waals surface area contributed by atoms with Gasteiger partial charge >= 0.3 is 0 Å². The lowest BCUT2D eigenvalue weighted by Gasteiger charge is -2.23. The van der Waals surface area contributed by atoms with Gasteiger partial charge in [-0.3, -0.25) is 0 Å². The van der Waals surface area contributed by atoms with E-state index in [0.29, 0.717) is 19.1 Å². The standard InChI is InChI=1S/C11H23N3O2S/c1-14(10-4-5-10)8-7-13-17(15,16)11-3-2-6-12-9-11/h10-13H,2-9H2,1H3. The van der Waals surface area contributed by atoms with E-state index in [0.717, 1.165) is 25.9 Å². The minimum atomic E-state index is -3.12. The summed E-state index contributed by atoms with van der Waals surface area (Å²) in [6, 6.07) is 0.691. The van der Waals surface area contributed by atoms with Crippen molar-refractivity contribution in [3.63, 3.8) is 0 Å². The van der Waals surface area contributed by atoms with Gasteiger partial charge in [0.05, 0.1) is 5.25 Å². The molecule has 2 N–H and O–H groups in total. The summed E-state index contributed by atoms with van der Waals surface area (Å²) in [5, 5.41) is 2.89. The van der Waals surface area contributed by atoms with Crippen molar-refractivity contribution in [2.75, 3.05) is 33.2 Å². The van der Waals surface area contributed by atoms with Crippen molar-refractivity contribution in [1.29, 1.82) is 0 Å². The summed E-state index contributed by atoms with van der Waals surface area (Å²) in [4.78, 5) is 2.24. The molecule has 1 saturated carbocycles. The molecule has 0 aromatic carbocycles. The SMILES string of the molecule is CN(CCNS(=O)(=O)C1CCCNC1)C1CC1. The summed E-state index contributed by atoms with van der Waals surface area (Å²) in [5.41, 5.74) is 0. The van der Waals surface area contributed by atoms with Crippen LogP contribution in [0.15, 0.2) is 0 Å². The Labute approximate surface area is 104 Å². The van der Waals surface area contributed by atoms with Gasteiger partial charge in [-0.25, -0.2) is 13.1 Å². The number of sulfonamides is 1. The molecule has 2 aliphatic rings. The zero-order chi connectivity index (χ0) is 12.3. The molecule has 1 saturated heterocycles. The molecule has 2 rings (SSSR count). The normalized spacial score (nSPS) is 26.4. The van der Waals surface area contributed by atoms with Crippen molar-refractivity contribution < 1.29 is 8.42 Å². The van der Waals surface area contributed by atoms with Crippen LogP contribution in [0.3, 0.4) is 0 Å².